The van der Waals surface area contributed by atoms with Gasteiger partial charge in [-0.2, -0.15) is 4.31 Å². The first-order valence-electron chi connectivity index (χ1n) is 6.66. The minimum absolute atomic E-state index is 0.400. The molecule has 1 aromatic heterocycles. The summed E-state index contributed by atoms with van der Waals surface area (Å²) in [6.45, 7) is 5.52. The van der Waals surface area contributed by atoms with Crippen LogP contribution in [0.2, 0.25) is 0 Å². The van der Waals surface area contributed by atoms with E-state index in [0.29, 0.717) is 22.7 Å². The van der Waals surface area contributed by atoms with Gasteiger partial charge in [0.05, 0.1) is 0 Å². The molecule has 1 saturated carbocycles. The van der Waals surface area contributed by atoms with Gasteiger partial charge in [-0.3, -0.25) is 0 Å². The molecule has 0 amide bonds. The second kappa shape index (κ2) is 5.91. The van der Waals surface area contributed by atoms with Gasteiger partial charge in [0.15, 0.2) is 0 Å². The van der Waals surface area contributed by atoms with Crippen molar-refractivity contribution in [2.24, 2.45) is 5.92 Å². The van der Waals surface area contributed by atoms with Gasteiger partial charge in [-0.1, -0.05) is 13.8 Å². The minimum atomic E-state index is -3.29. The maximum Gasteiger partial charge on any atom is 0.252 e. The number of hydrogen-bond donors (Lipinski definition) is 1. The van der Waals surface area contributed by atoms with Gasteiger partial charge >= 0.3 is 0 Å². The average Bonchev–Trinajstić information content (AvgIpc) is 3.01. The van der Waals surface area contributed by atoms with Gasteiger partial charge in [0.2, 0.25) is 0 Å². The summed E-state index contributed by atoms with van der Waals surface area (Å²) in [6.07, 6.45) is 2.32. The van der Waals surface area contributed by atoms with Gasteiger partial charge in [-0.15, -0.1) is 11.3 Å². The van der Waals surface area contributed by atoms with Crippen molar-refractivity contribution in [3.05, 3.63) is 17.0 Å². The molecule has 19 heavy (non-hydrogen) atoms. The van der Waals surface area contributed by atoms with Gasteiger partial charge in [0.25, 0.3) is 10.0 Å². The quantitative estimate of drug-likeness (QED) is 0.840. The Kier molecular flexibility index (Phi) is 4.66. The average molecular weight is 302 g/mol. The molecule has 4 nitrogen and oxygen atoms in total. The molecule has 1 N–H and O–H groups in total. The molecular formula is C13H22N2O2S2. The smallest absolute Gasteiger partial charge is 0.252 e. The van der Waals surface area contributed by atoms with Gasteiger partial charge in [0, 0.05) is 26.2 Å². The number of rotatable bonds is 7. The van der Waals surface area contributed by atoms with Crippen molar-refractivity contribution in [3.8, 4) is 0 Å². The fourth-order valence-electron chi connectivity index (χ4n) is 1.82. The van der Waals surface area contributed by atoms with Crippen LogP contribution >= 0.6 is 11.3 Å². The van der Waals surface area contributed by atoms with Crippen LogP contribution < -0.4 is 5.32 Å². The van der Waals surface area contributed by atoms with Crippen LogP contribution in [0.4, 0.5) is 0 Å². The van der Waals surface area contributed by atoms with Crippen LogP contribution in [0, 0.1) is 5.92 Å². The third kappa shape index (κ3) is 4.02. The molecule has 0 bridgehead atoms. The van der Waals surface area contributed by atoms with Crippen molar-refractivity contribution in [3.63, 3.8) is 0 Å². The Morgan fingerprint density at radius 3 is 2.74 bits per heavy atom. The Balaban J connectivity index is 2.03. The van der Waals surface area contributed by atoms with E-state index in [1.807, 2.05) is 5.38 Å². The Morgan fingerprint density at radius 2 is 2.16 bits per heavy atom. The Bertz CT molecular complexity index is 519. The first-order valence-corrected chi connectivity index (χ1v) is 8.98. The fourth-order valence-corrected chi connectivity index (χ4v) is 4.48. The van der Waals surface area contributed by atoms with Gasteiger partial charge < -0.3 is 5.32 Å². The topological polar surface area (TPSA) is 49.4 Å². The molecule has 1 fully saturated rings. The highest BCUT2D eigenvalue weighted by molar-refractivity contribution is 7.91. The molecule has 1 heterocycles. The van der Waals surface area contributed by atoms with E-state index >= 15 is 0 Å². The molecule has 1 aliphatic rings. The molecule has 0 unspecified atom stereocenters. The third-order valence-corrected chi connectivity index (χ3v) is 6.51. The lowest BCUT2D eigenvalue weighted by atomic mass is 10.3. The SMILES string of the molecule is CC(C)NCc1csc(S(=O)(=O)N(C)CC2CC2)c1. The Labute approximate surface area is 119 Å². The second-order valence-corrected chi connectivity index (χ2v) is 8.72. The van der Waals surface area contributed by atoms with E-state index in [0.717, 1.165) is 24.9 Å². The van der Waals surface area contributed by atoms with Crippen molar-refractivity contribution < 1.29 is 8.42 Å². The summed E-state index contributed by atoms with van der Waals surface area (Å²) >= 11 is 1.31. The molecule has 1 aromatic rings. The minimum Gasteiger partial charge on any atom is -0.310 e. The Hall–Kier alpha value is -0.430. The van der Waals surface area contributed by atoms with Crippen LogP contribution in [-0.4, -0.2) is 32.4 Å². The molecule has 0 aromatic carbocycles. The summed E-state index contributed by atoms with van der Waals surface area (Å²) in [5.41, 5.74) is 1.04. The monoisotopic (exact) mass is 302 g/mol. The van der Waals surface area contributed by atoms with Crippen LogP contribution in [0.5, 0.6) is 0 Å². The summed E-state index contributed by atoms with van der Waals surface area (Å²) in [6, 6.07) is 2.19. The van der Waals surface area contributed by atoms with Crippen LogP contribution in [0.25, 0.3) is 0 Å². The van der Waals surface area contributed by atoms with E-state index in [9.17, 15) is 8.42 Å². The molecule has 0 saturated heterocycles. The van der Waals surface area contributed by atoms with E-state index < -0.39 is 10.0 Å². The normalized spacial score (nSPS) is 16.5. The van der Waals surface area contributed by atoms with Crippen molar-refractivity contribution in [1.82, 2.24) is 9.62 Å². The first kappa shape index (κ1) is 15.0. The predicted molar refractivity (Wildman–Crippen MR) is 78.8 cm³/mol. The molecule has 2 rings (SSSR count). The molecule has 0 spiro atoms. The fraction of sp³-hybridized carbons (Fsp3) is 0.692. The van der Waals surface area contributed by atoms with Crippen molar-refractivity contribution in [2.75, 3.05) is 13.6 Å². The molecule has 0 atom stereocenters. The molecule has 0 radical (unpaired) electrons. The number of thiophene rings is 1. The number of hydrogen-bond acceptors (Lipinski definition) is 4. The van der Waals surface area contributed by atoms with E-state index in [2.05, 4.69) is 19.2 Å². The third-order valence-electron chi connectivity index (χ3n) is 3.22. The highest BCUT2D eigenvalue weighted by Gasteiger charge is 2.29. The van der Waals surface area contributed by atoms with Crippen LogP contribution in [0.1, 0.15) is 32.3 Å². The summed E-state index contributed by atoms with van der Waals surface area (Å²) < 4.78 is 26.7. The summed E-state index contributed by atoms with van der Waals surface area (Å²) in [7, 11) is -1.61. The highest BCUT2D eigenvalue weighted by Crippen LogP contribution is 2.32. The van der Waals surface area contributed by atoms with Crippen LogP contribution in [0.3, 0.4) is 0 Å². The molecule has 0 aliphatic heterocycles. The maximum atomic E-state index is 12.4. The van der Waals surface area contributed by atoms with Crippen molar-refractivity contribution >= 4 is 21.4 Å². The first-order chi connectivity index (χ1) is 8.89. The molecule has 6 heteroatoms. The zero-order valence-electron chi connectivity index (χ0n) is 11.7. The lowest BCUT2D eigenvalue weighted by Gasteiger charge is -2.15. The van der Waals surface area contributed by atoms with E-state index in [4.69, 9.17) is 0 Å². The summed E-state index contributed by atoms with van der Waals surface area (Å²) in [4.78, 5) is 0. The maximum absolute atomic E-state index is 12.4. The summed E-state index contributed by atoms with van der Waals surface area (Å²) in [5, 5.41) is 5.22. The molecular weight excluding hydrogens is 280 g/mol. The zero-order valence-corrected chi connectivity index (χ0v) is 13.4. The molecule has 1 aliphatic carbocycles. The lowest BCUT2D eigenvalue weighted by Crippen LogP contribution is -2.28. The van der Waals surface area contributed by atoms with Gasteiger partial charge in [-0.05, 0) is 35.8 Å². The number of sulfonamides is 1. The lowest BCUT2D eigenvalue weighted by molar-refractivity contribution is 0.454. The Morgan fingerprint density at radius 1 is 1.47 bits per heavy atom. The van der Waals surface area contributed by atoms with Gasteiger partial charge in [-0.25, -0.2) is 8.42 Å². The molecule has 108 valence electrons. The van der Waals surface area contributed by atoms with E-state index in [1.54, 1.807) is 13.1 Å². The number of nitrogens with zero attached hydrogens (tertiary/aromatic N) is 1. The largest absolute Gasteiger partial charge is 0.310 e. The van der Waals surface area contributed by atoms with Crippen molar-refractivity contribution in [1.29, 1.82) is 0 Å². The predicted octanol–water partition coefficient (Wildman–Crippen LogP) is 2.28. The van der Waals surface area contributed by atoms with Crippen molar-refractivity contribution in [2.45, 2.75) is 43.5 Å². The highest BCUT2D eigenvalue weighted by atomic mass is 32.2. The van der Waals surface area contributed by atoms with Crippen LogP contribution in [-0.2, 0) is 16.6 Å². The van der Waals surface area contributed by atoms with E-state index in [1.165, 1.54) is 15.6 Å². The summed E-state index contributed by atoms with van der Waals surface area (Å²) in [5.74, 6) is 0.571. The van der Waals surface area contributed by atoms with E-state index in [-0.39, 0.29) is 0 Å². The van der Waals surface area contributed by atoms with Crippen LogP contribution in [0.15, 0.2) is 15.7 Å². The standard InChI is InChI=1S/C13H22N2O2S2/c1-10(2)14-7-12-6-13(18-9-12)19(16,17)15(3)8-11-4-5-11/h6,9-11,14H,4-5,7-8H2,1-3H3. The number of nitrogens with one attached hydrogen (secondary N) is 1. The zero-order chi connectivity index (χ0) is 14.0. The second-order valence-electron chi connectivity index (χ2n) is 5.54. The van der Waals surface area contributed by atoms with Gasteiger partial charge in [0.1, 0.15) is 4.21 Å².